The standard InChI is InChI=1S/C18H13ClFN3O3/c1-2-7-26-17(24)11-8-15(13(20)9-12(11)19)23-16(10-21)14-5-3-4-6-22(14)18(23)25/h1,8-9H,3-7H2. The lowest BCUT2D eigenvalue weighted by atomic mass is 10.1. The third kappa shape index (κ3) is 2.87. The van der Waals surface area contributed by atoms with Crippen LogP contribution in [-0.2, 0) is 17.7 Å². The van der Waals surface area contributed by atoms with Gasteiger partial charge < -0.3 is 4.74 Å². The molecule has 1 aliphatic rings. The average molecular weight is 374 g/mol. The third-order valence-electron chi connectivity index (χ3n) is 4.18. The Labute approximate surface area is 153 Å². The highest BCUT2D eigenvalue weighted by molar-refractivity contribution is 6.33. The van der Waals surface area contributed by atoms with Gasteiger partial charge in [-0.3, -0.25) is 4.57 Å². The van der Waals surface area contributed by atoms with E-state index in [0.29, 0.717) is 18.7 Å². The van der Waals surface area contributed by atoms with E-state index in [2.05, 4.69) is 5.92 Å². The van der Waals surface area contributed by atoms with Gasteiger partial charge in [0.15, 0.2) is 6.61 Å². The van der Waals surface area contributed by atoms with Crippen molar-refractivity contribution < 1.29 is 13.9 Å². The Hall–Kier alpha value is -3.03. The Kier molecular flexibility index (Phi) is 4.83. The summed E-state index contributed by atoms with van der Waals surface area (Å²) in [5, 5.41) is 9.33. The number of benzene rings is 1. The quantitative estimate of drug-likeness (QED) is 0.611. The summed E-state index contributed by atoms with van der Waals surface area (Å²) in [5.41, 5.74) is -0.280. The first-order valence-corrected chi connectivity index (χ1v) is 8.22. The summed E-state index contributed by atoms with van der Waals surface area (Å²) in [6.07, 6.45) is 7.24. The normalized spacial score (nSPS) is 12.8. The molecule has 0 saturated carbocycles. The summed E-state index contributed by atoms with van der Waals surface area (Å²) >= 11 is 5.93. The van der Waals surface area contributed by atoms with Crippen LogP contribution in [0.2, 0.25) is 5.02 Å². The third-order valence-corrected chi connectivity index (χ3v) is 4.49. The summed E-state index contributed by atoms with van der Waals surface area (Å²) in [5.74, 6) is 0.473. The predicted octanol–water partition coefficient (Wildman–Crippen LogP) is 2.43. The van der Waals surface area contributed by atoms with Crippen LogP contribution in [-0.4, -0.2) is 21.7 Å². The van der Waals surface area contributed by atoms with Gasteiger partial charge in [0.2, 0.25) is 0 Å². The van der Waals surface area contributed by atoms with Crippen molar-refractivity contribution in [1.82, 2.24) is 9.13 Å². The van der Waals surface area contributed by atoms with Crippen LogP contribution >= 0.6 is 11.6 Å². The van der Waals surface area contributed by atoms with Crippen molar-refractivity contribution in [3.8, 4) is 24.1 Å². The molecular weight excluding hydrogens is 361 g/mol. The van der Waals surface area contributed by atoms with Gasteiger partial charge >= 0.3 is 11.7 Å². The average Bonchev–Trinajstić information content (AvgIpc) is 2.92. The van der Waals surface area contributed by atoms with Crippen molar-refractivity contribution in [2.24, 2.45) is 0 Å². The molecule has 0 radical (unpaired) electrons. The number of nitriles is 1. The number of rotatable bonds is 3. The number of hydrogen-bond acceptors (Lipinski definition) is 4. The van der Waals surface area contributed by atoms with Gasteiger partial charge in [-0.2, -0.15) is 5.26 Å². The zero-order valence-electron chi connectivity index (χ0n) is 13.6. The molecule has 0 unspecified atom stereocenters. The number of ether oxygens (including phenoxy) is 1. The number of halogens is 2. The first-order valence-electron chi connectivity index (χ1n) is 7.84. The van der Waals surface area contributed by atoms with Crippen molar-refractivity contribution in [2.75, 3.05) is 6.61 Å². The maximum atomic E-state index is 14.5. The van der Waals surface area contributed by atoms with Crippen LogP contribution < -0.4 is 5.69 Å². The lowest BCUT2D eigenvalue weighted by Crippen LogP contribution is -2.26. The van der Waals surface area contributed by atoms with Crippen LogP contribution in [0.4, 0.5) is 4.39 Å². The minimum absolute atomic E-state index is 0.0545. The molecule has 3 rings (SSSR count). The van der Waals surface area contributed by atoms with Crippen LogP contribution in [0, 0.1) is 29.5 Å². The topological polar surface area (TPSA) is 77.0 Å². The van der Waals surface area contributed by atoms with E-state index in [1.165, 1.54) is 4.57 Å². The number of carbonyl (C=O) groups is 1. The largest absolute Gasteiger partial charge is 0.449 e. The van der Waals surface area contributed by atoms with Crippen molar-refractivity contribution in [2.45, 2.75) is 25.8 Å². The molecule has 0 amide bonds. The molecule has 1 aromatic heterocycles. The summed E-state index contributed by atoms with van der Waals surface area (Å²) in [6.45, 7) is 0.188. The highest BCUT2D eigenvalue weighted by Crippen LogP contribution is 2.26. The number of imidazole rings is 1. The SMILES string of the molecule is C#CCOC(=O)c1cc(-n2c(C#N)c3n(c2=O)CCCC3)c(F)cc1Cl. The maximum absolute atomic E-state index is 14.5. The minimum Gasteiger partial charge on any atom is -0.449 e. The van der Waals surface area contributed by atoms with Gasteiger partial charge in [0.25, 0.3) is 0 Å². The van der Waals surface area contributed by atoms with Gasteiger partial charge in [-0.25, -0.2) is 18.5 Å². The molecule has 0 atom stereocenters. The van der Waals surface area contributed by atoms with Crippen LogP contribution in [0.15, 0.2) is 16.9 Å². The molecule has 8 heteroatoms. The molecule has 0 bridgehead atoms. The number of carbonyl (C=O) groups excluding carboxylic acids is 1. The number of hydrogen-bond donors (Lipinski definition) is 0. The molecule has 6 nitrogen and oxygen atoms in total. The van der Waals surface area contributed by atoms with Gasteiger partial charge in [0.1, 0.15) is 17.6 Å². The second-order valence-electron chi connectivity index (χ2n) is 5.70. The molecule has 0 fully saturated rings. The van der Waals surface area contributed by atoms with E-state index in [4.69, 9.17) is 22.8 Å². The molecule has 0 spiro atoms. The minimum atomic E-state index is -0.843. The van der Waals surface area contributed by atoms with Gasteiger partial charge in [-0.05, 0) is 31.4 Å². The molecule has 0 aliphatic carbocycles. The number of terminal acetylenes is 1. The summed E-state index contributed by atoms with van der Waals surface area (Å²) in [6, 6.07) is 3.98. The number of fused-ring (bicyclic) bond motifs is 1. The van der Waals surface area contributed by atoms with Crippen LogP contribution in [0.5, 0.6) is 0 Å². The Morgan fingerprint density at radius 2 is 2.19 bits per heavy atom. The van der Waals surface area contributed by atoms with Gasteiger partial charge in [-0.1, -0.05) is 17.5 Å². The Balaban J connectivity index is 2.21. The maximum Gasteiger partial charge on any atom is 0.340 e. The second kappa shape index (κ2) is 7.07. The fourth-order valence-corrected chi connectivity index (χ4v) is 3.25. The molecule has 1 aromatic carbocycles. The van der Waals surface area contributed by atoms with E-state index in [-0.39, 0.29) is 28.6 Å². The smallest absolute Gasteiger partial charge is 0.340 e. The fraction of sp³-hybridized carbons (Fsp3) is 0.278. The second-order valence-corrected chi connectivity index (χ2v) is 6.10. The highest BCUT2D eigenvalue weighted by Gasteiger charge is 2.26. The number of aromatic nitrogens is 2. The van der Waals surface area contributed by atoms with Crippen LogP contribution in [0.3, 0.4) is 0 Å². The number of nitrogens with zero attached hydrogens (tertiary/aromatic N) is 3. The van der Waals surface area contributed by atoms with E-state index in [9.17, 15) is 19.2 Å². The van der Waals surface area contributed by atoms with E-state index >= 15 is 0 Å². The van der Waals surface area contributed by atoms with E-state index in [1.807, 2.05) is 6.07 Å². The lowest BCUT2D eigenvalue weighted by molar-refractivity contribution is 0.0557. The molecule has 1 aliphatic heterocycles. The van der Waals surface area contributed by atoms with Crippen molar-refractivity contribution in [3.05, 3.63) is 50.4 Å². The molecule has 0 saturated heterocycles. The zero-order chi connectivity index (χ0) is 18.8. The van der Waals surface area contributed by atoms with Gasteiger partial charge in [-0.15, -0.1) is 6.42 Å². The lowest BCUT2D eigenvalue weighted by Gasteiger charge is -2.12. The summed E-state index contributed by atoms with van der Waals surface area (Å²) in [4.78, 5) is 24.8. The molecule has 2 aromatic rings. The van der Waals surface area contributed by atoms with Gasteiger partial charge in [0, 0.05) is 6.54 Å². The van der Waals surface area contributed by atoms with E-state index < -0.39 is 17.5 Å². The van der Waals surface area contributed by atoms with Crippen molar-refractivity contribution in [3.63, 3.8) is 0 Å². The molecule has 0 N–H and O–H groups in total. The molecule has 132 valence electrons. The molecular formula is C18H13ClFN3O3. The molecule has 2 heterocycles. The first kappa shape index (κ1) is 17.8. The summed E-state index contributed by atoms with van der Waals surface area (Å²) < 4.78 is 21.8. The van der Waals surface area contributed by atoms with Crippen molar-refractivity contribution in [1.29, 1.82) is 5.26 Å². The van der Waals surface area contributed by atoms with Crippen LogP contribution in [0.1, 0.15) is 34.6 Å². The Bertz CT molecular complexity index is 1040. The van der Waals surface area contributed by atoms with E-state index in [0.717, 1.165) is 29.5 Å². The predicted molar refractivity (Wildman–Crippen MR) is 91.8 cm³/mol. The Morgan fingerprint density at radius 1 is 1.42 bits per heavy atom. The van der Waals surface area contributed by atoms with Crippen LogP contribution in [0.25, 0.3) is 5.69 Å². The number of esters is 1. The fourth-order valence-electron chi connectivity index (χ4n) is 3.02. The van der Waals surface area contributed by atoms with Crippen molar-refractivity contribution >= 4 is 17.6 Å². The monoisotopic (exact) mass is 373 g/mol. The summed E-state index contributed by atoms with van der Waals surface area (Å²) in [7, 11) is 0. The first-order chi connectivity index (χ1) is 12.5. The van der Waals surface area contributed by atoms with Gasteiger partial charge in [0.05, 0.1) is 22.0 Å². The molecule has 26 heavy (non-hydrogen) atoms. The highest BCUT2D eigenvalue weighted by atomic mass is 35.5. The van der Waals surface area contributed by atoms with E-state index in [1.54, 1.807) is 0 Å². The zero-order valence-corrected chi connectivity index (χ0v) is 14.3. The Morgan fingerprint density at radius 3 is 2.88 bits per heavy atom.